The van der Waals surface area contributed by atoms with Crippen molar-refractivity contribution in [1.82, 2.24) is 25.9 Å². The van der Waals surface area contributed by atoms with Crippen LogP contribution in [-0.2, 0) is 9.59 Å². The average Bonchev–Trinajstić information content (AvgIpc) is 3.17. The van der Waals surface area contributed by atoms with E-state index in [1.807, 2.05) is 61.5 Å². The van der Waals surface area contributed by atoms with E-state index in [0.717, 1.165) is 16.8 Å². The van der Waals surface area contributed by atoms with E-state index in [0.29, 0.717) is 5.69 Å². The van der Waals surface area contributed by atoms with Crippen molar-refractivity contribution in [3.05, 3.63) is 71.9 Å². The molecule has 3 aromatic rings. The number of carbonyl (C=O) groups excluding carboxylic acids is 3. The Bertz CT molecular complexity index is 1070. The first kappa shape index (κ1) is 20.8. The summed E-state index contributed by atoms with van der Waals surface area (Å²) in [7, 11) is 0. The Morgan fingerprint density at radius 3 is 2.33 bits per heavy atom. The topological polar surface area (TPSA) is 105 Å². The summed E-state index contributed by atoms with van der Waals surface area (Å²) >= 11 is 0. The van der Waals surface area contributed by atoms with Crippen LogP contribution in [0.1, 0.15) is 29.8 Å². The Kier molecular flexibility index (Phi) is 6.26. The maximum Gasteiger partial charge on any atom is 0.327 e. The van der Waals surface area contributed by atoms with Gasteiger partial charge in [-0.2, -0.15) is 5.10 Å². The summed E-state index contributed by atoms with van der Waals surface area (Å²) in [5, 5.41) is 7.03. The second-order valence-corrected chi connectivity index (χ2v) is 7.08. The molecule has 0 aliphatic rings. The number of amides is 3. The fourth-order valence-corrected chi connectivity index (χ4v) is 2.82. The second-order valence-electron chi connectivity index (χ2n) is 7.08. The first-order chi connectivity index (χ1) is 14.3. The highest BCUT2D eigenvalue weighted by atomic mass is 16.2. The van der Waals surface area contributed by atoms with Crippen LogP contribution in [0.15, 0.2) is 60.8 Å². The lowest BCUT2D eigenvalue weighted by Crippen LogP contribution is -2.49. The minimum Gasteiger partial charge on any atom is -0.346 e. The summed E-state index contributed by atoms with van der Waals surface area (Å²) in [4.78, 5) is 36.4. The van der Waals surface area contributed by atoms with Crippen molar-refractivity contribution in [3.8, 4) is 16.9 Å². The van der Waals surface area contributed by atoms with Crippen molar-refractivity contribution in [2.45, 2.75) is 26.8 Å². The monoisotopic (exact) mass is 405 g/mol. The number of para-hydroxylation sites is 1. The van der Waals surface area contributed by atoms with Crippen molar-refractivity contribution in [3.63, 3.8) is 0 Å². The molecule has 2 aromatic carbocycles. The molecule has 0 radical (unpaired) electrons. The Morgan fingerprint density at radius 2 is 1.67 bits per heavy atom. The van der Waals surface area contributed by atoms with Crippen LogP contribution in [0.2, 0.25) is 0 Å². The number of aryl methyl sites for hydroxylation is 1. The summed E-state index contributed by atoms with van der Waals surface area (Å²) < 4.78 is 1.60. The normalized spacial score (nSPS) is 10.5. The number of aromatic nitrogens is 2. The van der Waals surface area contributed by atoms with Gasteiger partial charge in [0.25, 0.3) is 5.91 Å². The molecule has 0 bridgehead atoms. The van der Waals surface area contributed by atoms with Crippen LogP contribution < -0.4 is 16.2 Å². The molecule has 0 aliphatic heterocycles. The zero-order valence-electron chi connectivity index (χ0n) is 17.0. The van der Waals surface area contributed by atoms with Crippen molar-refractivity contribution in [2.24, 2.45) is 0 Å². The van der Waals surface area contributed by atoms with Gasteiger partial charge in [-0.05, 0) is 39.0 Å². The highest BCUT2D eigenvalue weighted by Crippen LogP contribution is 2.24. The molecule has 154 valence electrons. The molecule has 0 spiro atoms. The zero-order chi connectivity index (χ0) is 21.7. The number of hydrogen-bond donors (Lipinski definition) is 3. The molecule has 3 amide bonds. The van der Waals surface area contributed by atoms with Crippen LogP contribution in [0.4, 0.5) is 0 Å². The van der Waals surface area contributed by atoms with Gasteiger partial charge in [0.05, 0.1) is 11.3 Å². The molecule has 30 heavy (non-hydrogen) atoms. The zero-order valence-corrected chi connectivity index (χ0v) is 17.0. The average molecular weight is 405 g/mol. The minimum atomic E-state index is -0.954. The molecule has 1 aromatic heterocycles. The number of nitrogens with zero attached hydrogens (tertiary/aromatic N) is 2. The van der Waals surface area contributed by atoms with Crippen molar-refractivity contribution >= 4 is 17.7 Å². The number of hydrogen-bond acceptors (Lipinski definition) is 4. The van der Waals surface area contributed by atoms with Gasteiger partial charge in [0.1, 0.15) is 5.69 Å². The van der Waals surface area contributed by atoms with Gasteiger partial charge < -0.3 is 5.32 Å². The molecule has 0 aliphatic carbocycles. The first-order valence-corrected chi connectivity index (χ1v) is 9.48. The molecule has 1 heterocycles. The maximum absolute atomic E-state index is 12.8. The summed E-state index contributed by atoms with van der Waals surface area (Å²) in [5.74, 6) is -2.37. The van der Waals surface area contributed by atoms with E-state index in [-0.39, 0.29) is 11.6 Å². The highest BCUT2D eigenvalue weighted by Gasteiger charge is 2.21. The Balaban J connectivity index is 1.88. The van der Waals surface area contributed by atoms with E-state index < -0.39 is 17.7 Å². The van der Waals surface area contributed by atoms with E-state index in [9.17, 15) is 14.4 Å². The van der Waals surface area contributed by atoms with Gasteiger partial charge >= 0.3 is 11.8 Å². The Hall–Kier alpha value is -3.94. The Morgan fingerprint density at radius 1 is 0.933 bits per heavy atom. The second kappa shape index (κ2) is 9.04. The van der Waals surface area contributed by atoms with Gasteiger partial charge in [-0.15, -0.1) is 0 Å². The van der Waals surface area contributed by atoms with Gasteiger partial charge in [0, 0.05) is 17.8 Å². The standard InChI is InChI=1S/C22H23N5O3/c1-14(2)23-21(29)22(30)25-24-20(28)18-13-27(17-10-5-4-6-11-17)26-19(18)16-9-7-8-15(3)12-16/h4-14H,1-3H3,(H,23,29)(H,24,28)(H,25,30). The van der Waals surface area contributed by atoms with Gasteiger partial charge in [0.2, 0.25) is 0 Å². The molecule has 0 fully saturated rings. The van der Waals surface area contributed by atoms with Crippen molar-refractivity contribution in [1.29, 1.82) is 0 Å². The van der Waals surface area contributed by atoms with Gasteiger partial charge in [-0.3, -0.25) is 25.2 Å². The predicted molar refractivity (Wildman–Crippen MR) is 113 cm³/mol. The van der Waals surface area contributed by atoms with Crippen LogP contribution in [0, 0.1) is 6.92 Å². The van der Waals surface area contributed by atoms with Crippen LogP contribution in [0.3, 0.4) is 0 Å². The molecule has 0 unspecified atom stereocenters. The fourth-order valence-electron chi connectivity index (χ4n) is 2.82. The lowest BCUT2D eigenvalue weighted by Gasteiger charge is -2.09. The third kappa shape index (κ3) is 4.91. The summed E-state index contributed by atoms with van der Waals surface area (Å²) in [5.41, 5.74) is 7.71. The molecule has 8 heteroatoms. The summed E-state index contributed by atoms with van der Waals surface area (Å²) in [6, 6.07) is 16.8. The van der Waals surface area contributed by atoms with Crippen LogP contribution in [0.5, 0.6) is 0 Å². The molecule has 0 atom stereocenters. The third-order valence-corrected chi connectivity index (χ3v) is 4.19. The fraction of sp³-hybridized carbons (Fsp3) is 0.182. The summed E-state index contributed by atoms with van der Waals surface area (Å²) in [6.07, 6.45) is 1.59. The number of carbonyl (C=O) groups is 3. The molecule has 8 nitrogen and oxygen atoms in total. The first-order valence-electron chi connectivity index (χ1n) is 9.48. The van der Waals surface area contributed by atoms with Crippen molar-refractivity contribution in [2.75, 3.05) is 0 Å². The molecular formula is C22H23N5O3. The number of nitrogens with one attached hydrogen (secondary N) is 3. The quantitative estimate of drug-likeness (QED) is 0.457. The van der Waals surface area contributed by atoms with E-state index >= 15 is 0 Å². The molecule has 0 saturated carbocycles. The van der Waals surface area contributed by atoms with Crippen LogP contribution in [0.25, 0.3) is 16.9 Å². The lowest BCUT2D eigenvalue weighted by molar-refractivity contribution is -0.139. The van der Waals surface area contributed by atoms with Crippen LogP contribution in [-0.4, -0.2) is 33.5 Å². The van der Waals surface area contributed by atoms with E-state index in [4.69, 9.17) is 0 Å². The number of hydrazine groups is 1. The third-order valence-electron chi connectivity index (χ3n) is 4.19. The predicted octanol–water partition coefficient (Wildman–Crippen LogP) is 2.13. The Labute approximate surface area is 174 Å². The van der Waals surface area contributed by atoms with E-state index in [1.165, 1.54) is 0 Å². The SMILES string of the molecule is Cc1cccc(-c2nn(-c3ccccc3)cc2C(=O)NNC(=O)C(=O)NC(C)C)c1. The smallest absolute Gasteiger partial charge is 0.327 e. The minimum absolute atomic E-state index is 0.198. The molecule has 0 saturated heterocycles. The number of rotatable bonds is 4. The maximum atomic E-state index is 12.8. The van der Waals surface area contributed by atoms with E-state index in [1.54, 1.807) is 24.7 Å². The van der Waals surface area contributed by atoms with Crippen LogP contribution >= 0.6 is 0 Å². The van der Waals surface area contributed by atoms with Crippen molar-refractivity contribution < 1.29 is 14.4 Å². The molecular weight excluding hydrogens is 382 g/mol. The summed E-state index contributed by atoms with van der Waals surface area (Å²) in [6.45, 7) is 5.41. The molecule has 3 N–H and O–H groups in total. The van der Waals surface area contributed by atoms with E-state index in [2.05, 4.69) is 21.3 Å². The lowest BCUT2D eigenvalue weighted by atomic mass is 10.1. The largest absolute Gasteiger partial charge is 0.346 e. The van der Waals surface area contributed by atoms with Gasteiger partial charge in [0.15, 0.2) is 0 Å². The highest BCUT2D eigenvalue weighted by molar-refractivity contribution is 6.35. The molecule has 3 rings (SSSR count). The van der Waals surface area contributed by atoms with Gasteiger partial charge in [-0.1, -0.05) is 42.0 Å². The number of benzene rings is 2. The van der Waals surface area contributed by atoms with Gasteiger partial charge in [-0.25, -0.2) is 4.68 Å².